The second-order valence-electron chi connectivity index (χ2n) is 5.16. The van der Waals surface area contributed by atoms with Crippen molar-refractivity contribution in [3.05, 3.63) is 0 Å². The van der Waals surface area contributed by atoms with Crippen molar-refractivity contribution in [3.8, 4) is 0 Å². The Morgan fingerprint density at radius 2 is 1.90 bits per heavy atom. The molecule has 6 heteroatoms. The molecule has 1 aliphatic rings. The van der Waals surface area contributed by atoms with Gasteiger partial charge in [0.15, 0.2) is 0 Å². The van der Waals surface area contributed by atoms with Gasteiger partial charge in [-0.2, -0.15) is 0 Å². The second kappa shape index (κ2) is 10.00. The molecule has 20 heavy (non-hydrogen) atoms. The van der Waals surface area contributed by atoms with Crippen molar-refractivity contribution < 1.29 is 9.59 Å². The van der Waals surface area contributed by atoms with E-state index in [-0.39, 0.29) is 30.3 Å². The number of carbonyl (C=O) groups excluding carboxylic acids is 2. The Morgan fingerprint density at radius 1 is 1.25 bits per heavy atom. The smallest absolute Gasteiger partial charge is 0.222 e. The largest absolute Gasteiger partial charge is 0.343 e. The molecule has 1 unspecified atom stereocenters. The molecule has 0 bridgehead atoms. The van der Waals surface area contributed by atoms with Gasteiger partial charge in [0.25, 0.3) is 0 Å². The molecule has 0 radical (unpaired) electrons. The Labute approximate surface area is 128 Å². The van der Waals surface area contributed by atoms with Crippen LogP contribution in [-0.4, -0.2) is 53.8 Å². The van der Waals surface area contributed by atoms with Crippen molar-refractivity contribution in [1.29, 1.82) is 0 Å². The molecule has 0 saturated carbocycles. The number of piperidine rings is 1. The number of amides is 2. The van der Waals surface area contributed by atoms with Crippen molar-refractivity contribution in [2.45, 2.75) is 52.0 Å². The molecule has 0 aromatic rings. The maximum absolute atomic E-state index is 12.0. The Balaban J connectivity index is 0.00000361. The average molecular weight is 306 g/mol. The first kappa shape index (κ1) is 19.2. The van der Waals surface area contributed by atoms with E-state index in [1.807, 2.05) is 18.7 Å². The summed E-state index contributed by atoms with van der Waals surface area (Å²) in [6.45, 7) is 6.91. The zero-order valence-electron chi connectivity index (χ0n) is 12.6. The van der Waals surface area contributed by atoms with Crippen molar-refractivity contribution in [2.75, 3.05) is 26.2 Å². The number of likely N-dealkylation sites (tertiary alicyclic amines) is 1. The molecule has 1 rings (SSSR count). The molecule has 2 N–H and O–H groups in total. The summed E-state index contributed by atoms with van der Waals surface area (Å²) in [5.74, 6) is 0.288. The monoisotopic (exact) mass is 305 g/mol. The lowest BCUT2D eigenvalue weighted by Gasteiger charge is -2.30. The van der Waals surface area contributed by atoms with Crippen LogP contribution in [-0.2, 0) is 9.59 Å². The highest BCUT2D eigenvalue weighted by molar-refractivity contribution is 5.85. The van der Waals surface area contributed by atoms with E-state index >= 15 is 0 Å². The highest BCUT2D eigenvalue weighted by Crippen LogP contribution is 2.11. The van der Waals surface area contributed by atoms with Gasteiger partial charge >= 0.3 is 0 Å². The third kappa shape index (κ3) is 6.09. The third-order valence-corrected chi connectivity index (χ3v) is 3.71. The van der Waals surface area contributed by atoms with Gasteiger partial charge in [0.2, 0.25) is 11.8 Å². The number of rotatable bonds is 6. The van der Waals surface area contributed by atoms with Gasteiger partial charge < -0.3 is 15.5 Å². The van der Waals surface area contributed by atoms with Crippen molar-refractivity contribution in [2.24, 2.45) is 5.73 Å². The summed E-state index contributed by atoms with van der Waals surface area (Å²) in [7, 11) is 0. The number of hydrogen-bond donors (Lipinski definition) is 1. The number of hydrogen-bond acceptors (Lipinski definition) is 3. The van der Waals surface area contributed by atoms with Crippen LogP contribution in [0.1, 0.15) is 46.0 Å². The van der Waals surface area contributed by atoms with Crippen molar-refractivity contribution in [1.82, 2.24) is 9.80 Å². The van der Waals surface area contributed by atoms with E-state index in [1.165, 1.54) is 0 Å². The fourth-order valence-corrected chi connectivity index (χ4v) is 2.52. The molecule has 118 valence electrons. The summed E-state index contributed by atoms with van der Waals surface area (Å²) >= 11 is 0. The summed E-state index contributed by atoms with van der Waals surface area (Å²) in [6, 6.07) is 0.120. The van der Waals surface area contributed by atoms with Crippen LogP contribution >= 0.6 is 12.4 Å². The Morgan fingerprint density at radius 3 is 2.45 bits per heavy atom. The maximum atomic E-state index is 12.0. The third-order valence-electron chi connectivity index (χ3n) is 3.71. The van der Waals surface area contributed by atoms with Crippen LogP contribution in [0, 0.1) is 0 Å². The van der Waals surface area contributed by atoms with Gasteiger partial charge in [-0.1, -0.05) is 0 Å². The van der Waals surface area contributed by atoms with Crippen molar-refractivity contribution >= 4 is 24.2 Å². The van der Waals surface area contributed by atoms with E-state index in [9.17, 15) is 9.59 Å². The van der Waals surface area contributed by atoms with Crippen LogP contribution < -0.4 is 5.73 Å². The van der Waals surface area contributed by atoms with Crippen LogP contribution in [0.3, 0.4) is 0 Å². The van der Waals surface area contributed by atoms with Gasteiger partial charge in [-0.05, 0) is 33.1 Å². The fourth-order valence-electron chi connectivity index (χ4n) is 2.52. The van der Waals surface area contributed by atoms with E-state index in [0.717, 1.165) is 32.5 Å². The number of nitrogens with two attached hydrogens (primary N) is 1. The summed E-state index contributed by atoms with van der Waals surface area (Å²) in [5, 5.41) is 0. The normalized spacial score (nSPS) is 18.4. The maximum Gasteiger partial charge on any atom is 0.222 e. The minimum atomic E-state index is 0. The number of carbonyl (C=O) groups is 2. The first-order valence-electron chi connectivity index (χ1n) is 7.39. The molecule has 1 aliphatic heterocycles. The zero-order chi connectivity index (χ0) is 14.3. The predicted molar refractivity (Wildman–Crippen MR) is 82.8 cm³/mol. The second-order valence-corrected chi connectivity index (χ2v) is 5.16. The molecular formula is C14H28ClN3O2. The first-order valence-corrected chi connectivity index (χ1v) is 7.39. The number of halogens is 1. The Bertz CT molecular complexity index is 309. The van der Waals surface area contributed by atoms with Gasteiger partial charge in [0.1, 0.15) is 0 Å². The minimum absolute atomic E-state index is 0. The van der Waals surface area contributed by atoms with Gasteiger partial charge in [0.05, 0.1) is 0 Å². The lowest BCUT2D eigenvalue weighted by molar-refractivity contribution is -0.133. The lowest BCUT2D eigenvalue weighted by atomic mass is 10.1. The van der Waals surface area contributed by atoms with E-state index in [2.05, 4.69) is 0 Å². The van der Waals surface area contributed by atoms with E-state index < -0.39 is 0 Å². The van der Waals surface area contributed by atoms with E-state index in [1.54, 1.807) is 4.90 Å². The van der Waals surface area contributed by atoms with Gasteiger partial charge in [-0.3, -0.25) is 9.59 Å². The van der Waals surface area contributed by atoms with Gasteiger partial charge in [-0.25, -0.2) is 0 Å². The highest BCUT2D eigenvalue weighted by Gasteiger charge is 2.21. The van der Waals surface area contributed by atoms with Crippen LogP contribution in [0.25, 0.3) is 0 Å². The molecule has 1 heterocycles. The topological polar surface area (TPSA) is 66.6 Å². The van der Waals surface area contributed by atoms with Crippen LogP contribution in [0.4, 0.5) is 0 Å². The van der Waals surface area contributed by atoms with E-state index in [4.69, 9.17) is 5.73 Å². The van der Waals surface area contributed by atoms with Gasteiger partial charge in [0, 0.05) is 45.1 Å². The molecule has 0 aromatic carbocycles. The average Bonchev–Trinajstić information content (AvgIpc) is 2.40. The first-order chi connectivity index (χ1) is 9.08. The molecular weight excluding hydrogens is 278 g/mol. The molecule has 0 spiro atoms. The van der Waals surface area contributed by atoms with Crippen LogP contribution in [0.2, 0.25) is 0 Å². The highest BCUT2D eigenvalue weighted by atomic mass is 35.5. The molecule has 0 aromatic heterocycles. The Kier molecular flexibility index (Phi) is 9.59. The lowest BCUT2D eigenvalue weighted by Crippen LogP contribution is -2.45. The molecule has 1 saturated heterocycles. The predicted octanol–water partition coefficient (Wildman–Crippen LogP) is 1.40. The fraction of sp³-hybridized carbons (Fsp3) is 0.857. The quantitative estimate of drug-likeness (QED) is 0.806. The van der Waals surface area contributed by atoms with Crippen molar-refractivity contribution in [3.63, 3.8) is 0 Å². The van der Waals surface area contributed by atoms with Crippen LogP contribution in [0.5, 0.6) is 0 Å². The number of nitrogens with zero attached hydrogens (tertiary/aromatic N) is 2. The SMILES string of the molecule is CCN(CC)C(=O)CCCC(=O)N1CCCC(N)C1.Cl. The summed E-state index contributed by atoms with van der Waals surface area (Å²) in [4.78, 5) is 27.4. The van der Waals surface area contributed by atoms with E-state index in [0.29, 0.717) is 25.8 Å². The minimum Gasteiger partial charge on any atom is -0.343 e. The summed E-state index contributed by atoms with van der Waals surface area (Å²) < 4.78 is 0. The Hall–Kier alpha value is -0.810. The van der Waals surface area contributed by atoms with Gasteiger partial charge in [-0.15, -0.1) is 12.4 Å². The molecule has 2 amide bonds. The zero-order valence-corrected chi connectivity index (χ0v) is 13.5. The van der Waals surface area contributed by atoms with Crippen LogP contribution in [0.15, 0.2) is 0 Å². The molecule has 5 nitrogen and oxygen atoms in total. The standard InChI is InChI=1S/C14H27N3O2.ClH/c1-3-16(4-2)13(18)8-5-9-14(19)17-10-6-7-12(15)11-17;/h12H,3-11,15H2,1-2H3;1H. The summed E-state index contributed by atoms with van der Waals surface area (Å²) in [6.07, 6.45) is 3.56. The molecule has 1 atom stereocenters. The molecule has 1 fully saturated rings. The summed E-state index contributed by atoms with van der Waals surface area (Å²) in [5.41, 5.74) is 5.86. The molecule has 0 aliphatic carbocycles.